The number of amides is 1. The van der Waals surface area contributed by atoms with Gasteiger partial charge in [0, 0.05) is 38.1 Å². The summed E-state index contributed by atoms with van der Waals surface area (Å²) in [6.07, 6.45) is 0. The number of morpholine rings is 1. The third-order valence-electron chi connectivity index (χ3n) is 5.80. The van der Waals surface area contributed by atoms with Crippen LogP contribution in [0.25, 0.3) is 27.9 Å². The van der Waals surface area contributed by atoms with Crippen molar-refractivity contribution in [2.24, 2.45) is 0 Å². The van der Waals surface area contributed by atoms with Crippen molar-refractivity contribution in [3.8, 4) is 5.69 Å². The van der Waals surface area contributed by atoms with Gasteiger partial charge in [0.1, 0.15) is 16.9 Å². The minimum atomic E-state index is -0.303. The number of methoxy groups -OCH3 is 1. The first-order valence-electron chi connectivity index (χ1n) is 10.9. The lowest BCUT2D eigenvalue weighted by molar-refractivity contribution is 0.0939. The maximum atomic E-state index is 13.0. The second-order valence-corrected chi connectivity index (χ2v) is 7.84. The molecule has 1 amide bonds. The number of ether oxygens (including phenoxy) is 2. The summed E-state index contributed by atoms with van der Waals surface area (Å²) in [6.45, 7) is 3.94. The first-order valence-corrected chi connectivity index (χ1v) is 10.9. The zero-order valence-electron chi connectivity index (χ0n) is 18.5. The summed E-state index contributed by atoms with van der Waals surface area (Å²) in [5.41, 5.74) is 11.3. The fourth-order valence-electron chi connectivity index (χ4n) is 4.14. The molecule has 0 aliphatic carbocycles. The molecule has 0 atom stereocenters. The molecule has 0 unspecified atom stereocenters. The number of hydrogen-bond donors (Lipinski definition) is 2. The number of nitrogens with one attached hydrogen (secondary N) is 1. The number of benzene rings is 2. The molecular formula is C24H26N6O3. The zero-order chi connectivity index (χ0) is 22.8. The highest BCUT2D eigenvalue weighted by Crippen LogP contribution is 2.31. The van der Waals surface area contributed by atoms with E-state index in [2.05, 4.69) is 22.3 Å². The highest BCUT2D eigenvalue weighted by molar-refractivity contribution is 6.11. The first-order chi connectivity index (χ1) is 16.2. The molecule has 0 spiro atoms. The smallest absolute Gasteiger partial charge is 0.257 e. The summed E-state index contributed by atoms with van der Waals surface area (Å²) in [7, 11) is 1.59. The molecule has 2 aromatic carbocycles. The summed E-state index contributed by atoms with van der Waals surface area (Å²) >= 11 is 0. The summed E-state index contributed by atoms with van der Waals surface area (Å²) in [4.78, 5) is 24.9. The maximum absolute atomic E-state index is 13.0. The van der Waals surface area contributed by atoms with Gasteiger partial charge in [-0.3, -0.25) is 9.36 Å². The van der Waals surface area contributed by atoms with Gasteiger partial charge in [0.05, 0.1) is 30.9 Å². The van der Waals surface area contributed by atoms with Crippen molar-refractivity contribution < 1.29 is 14.3 Å². The van der Waals surface area contributed by atoms with Crippen LogP contribution in [0.1, 0.15) is 10.4 Å². The van der Waals surface area contributed by atoms with Crippen LogP contribution in [0.15, 0.2) is 48.5 Å². The number of anilines is 2. The Balaban J connectivity index is 1.62. The molecule has 9 nitrogen and oxygen atoms in total. The molecule has 33 heavy (non-hydrogen) atoms. The Hall–Kier alpha value is -3.69. The third kappa shape index (κ3) is 3.96. The number of nitrogens with zero attached hydrogens (tertiary/aromatic N) is 4. The van der Waals surface area contributed by atoms with E-state index in [1.54, 1.807) is 11.7 Å². The molecule has 1 aliphatic heterocycles. The Morgan fingerprint density at radius 3 is 2.42 bits per heavy atom. The topological polar surface area (TPSA) is 108 Å². The van der Waals surface area contributed by atoms with Crippen molar-refractivity contribution in [3.05, 3.63) is 54.1 Å². The Bertz CT molecular complexity index is 1300. The molecule has 1 aliphatic rings. The Morgan fingerprint density at radius 1 is 1.06 bits per heavy atom. The second-order valence-electron chi connectivity index (χ2n) is 7.84. The summed E-state index contributed by atoms with van der Waals surface area (Å²) in [5, 5.41) is 2.85. The van der Waals surface area contributed by atoms with Gasteiger partial charge in [0.25, 0.3) is 5.91 Å². The quantitative estimate of drug-likeness (QED) is 0.438. The monoisotopic (exact) mass is 446 g/mol. The molecule has 0 bridgehead atoms. The van der Waals surface area contributed by atoms with E-state index in [0.29, 0.717) is 41.2 Å². The summed E-state index contributed by atoms with van der Waals surface area (Å²) in [6, 6.07) is 15.7. The Labute approximate surface area is 191 Å². The fraction of sp³-hybridized carbons (Fsp3) is 0.292. The predicted octanol–water partition coefficient (Wildman–Crippen LogP) is 2.37. The van der Waals surface area contributed by atoms with Gasteiger partial charge in [-0.1, -0.05) is 12.1 Å². The van der Waals surface area contributed by atoms with Gasteiger partial charge in [0.15, 0.2) is 5.65 Å². The van der Waals surface area contributed by atoms with Crippen molar-refractivity contribution in [2.45, 2.75) is 0 Å². The molecule has 1 fully saturated rings. The molecule has 170 valence electrons. The van der Waals surface area contributed by atoms with Crippen LogP contribution in [0.4, 0.5) is 11.5 Å². The van der Waals surface area contributed by atoms with Crippen molar-refractivity contribution in [1.29, 1.82) is 0 Å². The minimum Gasteiger partial charge on any atom is -0.384 e. The molecule has 3 N–H and O–H groups in total. The van der Waals surface area contributed by atoms with E-state index >= 15 is 0 Å². The first kappa shape index (κ1) is 21.2. The van der Waals surface area contributed by atoms with Gasteiger partial charge in [-0.2, -0.15) is 0 Å². The fourth-order valence-corrected chi connectivity index (χ4v) is 4.14. The Morgan fingerprint density at radius 2 is 1.73 bits per heavy atom. The average Bonchev–Trinajstić information content (AvgIpc) is 3.14. The van der Waals surface area contributed by atoms with E-state index in [4.69, 9.17) is 25.2 Å². The van der Waals surface area contributed by atoms with Crippen molar-refractivity contribution in [2.75, 3.05) is 57.2 Å². The van der Waals surface area contributed by atoms with Crippen LogP contribution in [-0.4, -0.2) is 67.0 Å². The highest BCUT2D eigenvalue weighted by Gasteiger charge is 2.25. The molecule has 5 rings (SSSR count). The molecule has 3 heterocycles. The molecule has 9 heteroatoms. The summed E-state index contributed by atoms with van der Waals surface area (Å²) < 4.78 is 12.3. The van der Waals surface area contributed by atoms with E-state index in [1.165, 1.54) is 0 Å². The van der Waals surface area contributed by atoms with Crippen molar-refractivity contribution in [1.82, 2.24) is 19.9 Å². The standard InChI is InChI=1S/C24H26N6O3/c1-32-13-10-26-24(31)20-21-23(28-19-5-3-2-4-18(19)27-21)30(22(20)25)17-8-6-16(7-9-17)29-11-14-33-15-12-29/h2-9H,10-15,25H2,1H3,(H,26,31). The lowest BCUT2D eigenvalue weighted by atomic mass is 10.2. The van der Waals surface area contributed by atoms with Gasteiger partial charge in [-0.25, -0.2) is 9.97 Å². The van der Waals surface area contributed by atoms with Crippen molar-refractivity contribution >= 4 is 39.6 Å². The SMILES string of the molecule is COCCNC(=O)c1c(N)n(-c2ccc(N3CCOCC3)cc2)c2nc3ccccc3nc12. The largest absolute Gasteiger partial charge is 0.384 e. The van der Waals surface area contributed by atoms with E-state index < -0.39 is 0 Å². The second kappa shape index (κ2) is 9.05. The van der Waals surface area contributed by atoms with Gasteiger partial charge in [0.2, 0.25) is 0 Å². The lowest BCUT2D eigenvalue weighted by Crippen LogP contribution is -2.36. The molecule has 1 saturated heterocycles. The van der Waals surface area contributed by atoms with Gasteiger partial charge in [-0.05, 0) is 36.4 Å². The minimum absolute atomic E-state index is 0.300. The van der Waals surface area contributed by atoms with Crippen LogP contribution in [-0.2, 0) is 9.47 Å². The molecule has 2 aromatic heterocycles. The number of hydrogen-bond acceptors (Lipinski definition) is 7. The number of para-hydroxylation sites is 2. The molecule has 4 aromatic rings. The third-order valence-corrected chi connectivity index (χ3v) is 5.80. The number of aromatic nitrogens is 3. The molecule has 0 saturated carbocycles. The van der Waals surface area contributed by atoms with Gasteiger partial charge in [-0.15, -0.1) is 0 Å². The zero-order valence-corrected chi connectivity index (χ0v) is 18.5. The predicted molar refractivity (Wildman–Crippen MR) is 128 cm³/mol. The van der Waals surface area contributed by atoms with E-state index in [1.807, 2.05) is 36.4 Å². The number of rotatable bonds is 6. The van der Waals surface area contributed by atoms with Crippen LogP contribution in [0.2, 0.25) is 0 Å². The Kier molecular flexibility index (Phi) is 5.80. The van der Waals surface area contributed by atoms with E-state index in [-0.39, 0.29) is 5.91 Å². The van der Waals surface area contributed by atoms with E-state index in [0.717, 1.165) is 43.2 Å². The van der Waals surface area contributed by atoms with Crippen LogP contribution in [0, 0.1) is 0 Å². The summed E-state index contributed by atoms with van der Waals surface area (Å²) in [5.74, 6) is -0.00263. The normalized spacial score (nSPS) is 14.2. The number of nitrogens with two attached hydrogens (primary N) is 1. The number of carbonyl (C=O) groups excluding carboxylic acids is 1. The lowest BCUT2D eigenvalue weighted by Gasteiger charge is -2.29. The van der Waals surface area contributed by atoms with Crippen LogP contribution < -0.4 is 16.0 Å². The maximum Gasteiger partial charge on any atom is 0.257 e. The van der Waals surface area contributed by atoms with Gasteiger partial charge >= 0.3 is 0 Å². The molecular weight excluding hydrogens is 420 g/mol. The van der Waals surface area contributed by atoms with Crippen LogP contribution >= 0.6 is 0 Å². The number of nitrogen functional groups attached to an aromatic ring is 1. The van der Waals surface area contributed by atoms with Crippen LogP contribution in [0.5, 0.6) is 0 Å². The number of carbonyl (C=O) groups is 1. The highest BCUT2D eigenvalue weighted by atomic mass is 16.5. The average molecular weight is 447 g/mol. The van der Waals surface area contributed by atoms with Crippen LogP contribution in [0.3, 0.4) is 0 Å². The van der Waals surface area contributed by atoms with E-state index in [9.17, 15) is 4.79 Å². The molecule has 0 radical (unpaired) electrons. The van der Waals surface area contributed by atoms with Crippen molar-refractivity contribution in [3.63, 3.8) is 0 Å². The van der Waals surface area contributed by atoms with Gasteiger partial charge < -0.3 is 25.4 Å². The number of fused-ring (bicyclic) bond motifs is 2.